The molecular formula is C16H16ClNO3S. The minimum Gasteiger partial charge on any atom is -0.495 e. The molecule has 0 radical (unpaired) electrons. The van der Waals surface area contributed by atoms with Crippen LogP contribution in [0.25, 0.3) is 0 Å². The summed E-state index contributed by atoms with van der Waals surface area (Å²) in [5, 5.41) is 0.478. The van der Waals surface area contributed by atoms with Crippen molar-refractivity contribution in [2.24, 2.45) is 0 Å². The summed E-state index contributed by atoms with van der Waals surface area (Å²) in [6, 6.07) is 13.0. The summed E-state index contributed by atoms with van der Waals surface area (Å²) in [4.78, 5) is 0.157. The SMILES string of the molecule is C=CCN(c1ccccc1OC)S(=O)(=O)c1ccc(Cl)cc1. The van der Waals surface area contributed by atoms with Crippen LogP contribution in [-0.4, -0.2) is 22.1 Å². The van der Waals surface area contributed by atoms with Gasteiger partial charge in [0.25, 0.3) is 10.0 Å². The van der Waals surface area contributed by atoms with Crippen molar-refractivity contribution in [3.05, 3.63) is 66.2 Å². The van der Waals surface area contributed by atoms with E-state index >= 15 is 0 Å². The fourth-order valence-electron chi connectivity index (χ4n) is 2.01. The van der Waals surface area contributed by atoms with Crippen LogP contribution >= 0.6 is 11.6 Å². The molecule has 2 aromatic carbocycles. The average molecular weight is 338 g/mol. The van der Waals surface area contributed by atoms with E-state index in [0.717, 1.165) is 0 Å². The Hall–Kier alpha value is -1.98. The Balaban J connectivity index is 2.55. The van der Waals surface area contributed by atoms with Crippen molar-refractivity contribution >= 4 is 27.3 Å². The van der Waals surface area contributed by atoms with E-state index in [2.05, 4.69) is 6.58 Å². The van der Waals surface area contributed by atoms with Gasteiger partial charge in [-0.3, -0.25) is 4.31 Å². The number of ether oxygens (including phenoxy) is 1. The highest BCUT2D eigenvalue weighted by Crippen LogP contribution is 2.32. The molecule has 0 spiro atoms. The number of methoxy groups -OCH3 is 1. The molecule has 0 aliphatic rings. The summed E-state index contributed by atoms with van der Waals surface area (Å²) < 4.78 is 32.3. The third kappa shape index (κ3) is 3.26. The molecule has 0 unspecified atom stereocenters. The average Bonchev–Trinajstić information content (AvgIpc) is 2.53. The van der Waals surface area contributed by atoms with Gasteiger partial charge in [0.2, 0.25) is 0 Å². The molecule has 2 aromatic rings. The topological polar surface area (TPSA) is 46.6 Å². The molecule has 0 saturated heterocycles. The summed E-state index contributed by atoms with van der Waals surface area (Å²) in [5.41, 5.74) is 0.458. The van der Waals surface area contributed by atoms with Gasteiger partial charge in [0.15, 0.2) is 0 Å². The van der Waals surface area contributed by atoms with Gasteiger partial charge in [0.05, 0.1) is 24.2 Å². The second-order valence-electron chi connectivity index (χ2n) is 4.45. The maximum absolute atomic E-state index is 12.9. The van der Waals surface area contributed by atoms with E-state index in [1.807, 2.05) is 0 Å². The van der Waals surface area contributed by atoms with E-state index in [1.165, 1.54) is 29.6 Å². The summed E-state index contributed by atoms with van der Waals surface area (Å²) in [6.07, 6.45) is 1.53. The minimum atomic E-state index is -3.74. The first-order valence-corrected chi connectivity index (χ1v) is 8.34. The second kappa shape index (κ2) is 6.85. The van der Waals surface area contributed by atoms with Crippen LogP contribution in [0.3, 0.4) is 0 Å². The first kappa shape index (κ1) is 16.4. The number of para-hydroxylation sites is 2. The highest BCUT2D eigenvalue weighted by Gasteiger charge is 2.26. The molecule has 0 aliphatic heterocycles. The molecule has 0 N–H and O–H groups in total. The van der Waals surface area contributed by atoms with Crippen LogP contribution in [0.15, 0.2) is 66.1 Å². The number of halogens is 1. The fourth-order valence-corrected chi connectivity index (χ4v) is 3.58. The number of sulfonamides is 1. The molecule has 0 atom stereocenters. The van der Waals surface area contributed by atoms with Crippen LogP contribution in [0.2, 0.25) is 5.02 Å². The standard InChI is InChI=1S/C16H16ClNO3S/c1-3-12-18(15-6-4-5-7-16(15)21-2)22(19,20)14-10-8-13(17)9-11-14/h3-11H,1,12H2,2H3. The van der Waals surface area contributed by atoms with Crippen LogP contribution in [0.1, 0.15) is 0 Å². The van der Waals surface area contributed by atoms with Crippen LogP contribution in [-0.2, 0) is 10.0 Å². The van der Waals surface area contributed by atoms with Crippen molar-refractivity contribution < 1.29 is 13.2 Å². The van der Waals surface area contributed by atoms with Crippen molar-refractivity contribution in [2.45, 2.75) is 4.90 Å². The highest BCUT2D eigenvalue weighted by atomic mass is 35.5. The Bertz CT molecular complexity index is 757. The van der Waals surface area contributed by atoms with Gasteiger partial charge < -0.3 is 4.74 Å². The summed E-state index contributed by atoms with van der Waals surface area (Å²) >= 11 is 5.82. The molecule has 22 heavy (non-hydrogen) atoms. The lowest BCUT2D eigenvalue weighted by molar-refractivity contribution is 0.415. The van der Waals surface area contributed by atoms with E-state index in [9.17, 15) is 8.42 Å². The second-order valence-corrected chi connectivity index (χ2v) is 6.75. The highest BCUT2D eigenvalue weighted by molar-refractivity contribution is 7.92. The lowest BCUT2D eigenvalue weighted by atomic mass is 10.3. The number of hydrogen-bond donors (Lipinski definition) is 0. The number of anilines is 1. The molecule has 0 heterocycles. The zero-order valence-corrected chi connectivity index (χ0v) is 13.6. The van der Waals surface area contributed by atoms with Crippen LogP contribution in [0, 0.1) is 0 Å². The van der Waals surface area contributed by atoms with Crippen molar-refractivity contribution in [1.82, 2.24) is 0 Å². The maximum Gasteiger partial charge on any atom is 0.264 e. The Labute approximate surface area is 135 Å². The molecule has 116 valence electrons. The van der Waals surface area contributed by atoms with Crippen LogP contribution in [0.4, 0.5) is 5.69 Å². The molecule has 0 bridgehead atoms. The Morgan fingerprint density at radius 1 is 1.18 bits per heavy atom. The van der Waals surface area contributed by atoms with E-state index in [0.29, 0.717) is 16.5 Å². The molecule has 0 saturated carbocycles. The summed E-state index contributed by atoms with van der Waals surface area (Å²) in [5.74, 6) is 0.474. The Kier molecular flexibility index (Phi) is 5.11. The van der Waals surface area contributed by atoms with Crippen molar-refractivity contribution in [2.75, 3.05) is 18.0 Å². The summed E-state index contributed by atoms with van der Waals surface area (Å²) in [7, 11) is -2.24. The molecule has 4 nitrogen and oxygen atoms in total. The van der Waals surface area contributed by atoms with Crippen molar-refractivity contribution in [3.8, 4) is 5.75 Å². The molecule has 0 fully saturated rings. The van der Waals surface area contributed by atoms with Gasteiger partial charge in [-0.2, -0.15) is 0 Å². The van der Waals surface area contributed by atoms with Crippen LogP contribution in [0.5, 0.6) is 5.75 Å². The van der Waals surface area contributed by atoms with Gasteiger partial charge >= 0.3 is 0 Å². The molecule has 6 heteroatoms. The van der Waals surface area contributed by atoms with Gasteiger partial charge in [0, 0.05) is 5.02 Å². The first-order chi connectivity index (χ1) is 10.5. The van der Waals surface area contributed by atoms with E-state index in [4.69, 9.17) is 16.3 Å². The number of rotatable bonds is 6. The minimum absolute atomic E-state index is 0.130. The van der Waals surface area contributed by atoms with Gasteiger partial charge in [-0.1, -0.05) is 29.8 Å². The molecule has 0 aromatic heterocycles. The van der Waals surface area contributed by atoms with Gasteiger partial charge in [0.1, 0.15) is 5.75 Å². The molecular weight excluding hydrogens is 322 g/mol. The van der Waals surface area contributed by atoms with Gasteiger partial charge in [-0.15, -0.1) is 6.58 Å². The third-order valence-corrected chi connectivity index (χ3v) is 5.10. The molecule has 0 amide bonds. The molecule has 2 rings (SSSR count). The third-order valence-electron chi connectivity index (χ3n) is 3.05. The fraction of sp³-hybridized carbons (Fsp3) is 0.125. The smallest absolute Gasteiger partial charge is 0.264 e. The largest absolute Gasteiger partial charge is 0.495 e. The van der Waals surface area contributed by atoms with Gasteiger partial charge in [-0.05, 0) is 36.4 Å². The monoisotopic (exact) mass is 337 g/mol. The van der Waals surface area contributed by atoms with E-state index in [-0.39, 0.29) is 11.4 Å². The maximum atomic E-state index is 12.9. The van der Waals surface area contributed by atoms with Gasteiger partial charge in [-0.25, -0.2) is 8.42 Å². The van der Waals surface area contributed by atoms with Crippen molar-refractivity contribution in [1.29, 1.82) is 0 Å². The number of nitrogens with zero attached hydrogens (tertiary/aromatic N) is 1. The Morgan fingerprint density at radius 3 is 2.41 bits per heavy atom. The first-order valence-electron chi connectivity index (χ1n) is 6.53. The lowest BCUT2D eigenvalue weighted by Gasteiger charge is -2.24. The van der Waals surface area contributed by atoms with E-state index in [1.54, 1.807) is 36.4 Å². The lowest BCUT2D eigenvalue weighted by Crippen LogP contribution is -2.31. The Morgan fingerprint density at radius 2 is 1.82 bits per heavy atom. The zero-order chi connectivity index (χ0) is 16.2. The predicted octanol–water partition coefficient (Wildman–Crippen LogP) is 3.73. The molecule has 0 aliphatic carbocycles. The van der Waals surface area contributed by atoms with E-state index < -0.39 is 10.0 Å². The van der Waals surface area contributed by atoms with Crippen molar-refractivity contribution in [3.63, 3.8) is 0 Å². The predicted molar refractivity (Wildman–Crippen MR) is 89.2 cm³/mol. The zero-order valence-electron chi connectivity index (χ0n) is 12.1. The number of benzene rings is 2. The normalized spacial score (nSPS) is 11.0. The van der Waals surface area contributed by atoms with Crippen LogP contribution < -0.4 is 9.04 Å². The number of hydrogen-bond acceptors (Lipinski definition) is 3. The quantitative estimate of drug-likeness (QED) is 0.754. The summed E-state index contributed by atoms with van der Waals surface area (Å²) in [6.45, 7) is 3.77.